The quantitative estimate of drug-likeness (QED) is 0.467. The molecule has 0 saturated carbocycles. The van der Waals surface area contributed by atoms with Crippen LogP contribution in [0, 0.1) is 11.3 Å². The molecule has 0 radical (unpaired) electrons. The highest BCUT2D eigenvalue weighted by molar-refractivity contribution is 5.63. The van der Waals surface area contributed by atoms with E-state index in [1.165, 1.54) is 13.2 Å². The molecule has 0 saturated heterocycles. The molecule has 0 spiro atoms. The third kappa shape index (κ3) is 3.67. The van der Waals surface area contributed by atoms with Crippen molar-refractivity contribution in [1.29, 1.82) is 5.26 Å². The molecule has 0 N–H and O–H groups in total. The van der Waals surface area contributed by atoms with E-state index in [1.807, 2.05) is 0 Å². The van der Waals surface area contributed by atoms with Crippen molar-refractivity contribution in [3.05, 3.63) is 53.6 Å². The third-order valence-electron chi connectivity index (χ3n) is 2.11. The minimum absolute atomic E-state index is 0.0504. The summed E-state index contributed by atoms with van der Waals surface area (Å²) in [7, 11) is 1.28. The maximum absolute atomic E-state index is 12.6. The van der Waals surface area contributed by atoms with Crippen molar-refractivity contribution < 1.29 is 17.9 Å². The molecule has 0 unspecified atom stereocenters. The van der Waals surface area contributed by atoms with Gasteiger partial charge in [0.2, 0.25) is 0 Å². The van der Waals surface area contributed by atoms with E-state index in [1.54, 1.807) is 30.3 Å². The molecular weight excluding hydrogens is 243 g/mol. The summed E-state index contributed by atoms with van der Waals surface area (Å²) in [4.78, 5) is 0. The first-order valence-corrected chi connectivity index (χ1v) is 4.97. The lowest BCUT2D eigenvalue weighted by Crippen LogP contribution is -2.10. The predicted molar refractivity (Wildman–Crippen MR) is 61.2 cm³/mol. The van der Waals surface area contributed by atoms with Crippen molar-refractivity contribution in [3.8, 4) is 6.07 Å². The summed E-state index contributed by atoms with van der Waals surface area (Å²) in [5.41, 5.74) is -0.543. The van der Waals surface area contributed by atoms with Crippen LogP contribution in [0.3, 0.4) is 0 Å². The molecule has 0 fully saturated rings. The van der Waals surface area contributed by atoms with Crippen LogP contribution in [0.25, 0.3) is 5.76 Å². The van der Waals surface area contributed by atoms with Crippen molar-refractivity contribution in [2.75, 3.05) is 7.11 Å². The van der Waals surface area contributed by atoms with Crippen LogP contribution in [0.5, 0.6) is 0 Å². The number of alkyl halides is 3. The Hall–Kier alpha value is -2.22. The van der Waals surface area contributed by atoms with E-state index < -0.39 is 11.7 Å². The zero-order valence-corrected chi connectivity index (χ0v) is 9.53. The van der Waals surface area contributed by atoms with Gasteiger partial charge in [0.05, 0.1) is 18.8 Å². The first-order chi connectivity index (χ1) is 8.49. The zero-order valence-electron chi connectivity index (χ0n) is 9.53. The van der Waals surface area contributed by atoms with Crippen molar-refractivity contribution in [2.24, 2.45) is 0 Å². The van der Waals surface area contributed by atoms with E-state index in [-0.39, 0.29) is 5.76 Å². The van der Waals surface area contributed by atoms with Gasteiger partial charge in [0, 0.05) is 11.6 Å². The lowest BCUT2D eigenvalue weighted by Gasteiger charge is -2.10. The molecule has 0 atom stereocenters. The molecule has 0 aromatic heterocycles. The summed E-state index contributed by atoms with van der Waals surface area (Å²) in [6.45, 7) is 0. The first kappa shape index (κ1) is 13.8. The first-order valence-electron chi connectivity index (χ1n) is 4.97. The number of allylic oxidation sites excluding steroid dienone is 3. The second-order valence-corrected chi connectivity index (χ2v) is 3.31. The predicted octanol–water partition coefficient (Wildman–Crippen LogP) is 3.69. The number of halogens is 3. The van der Waals surface area contributed by atoms with Gasteiger partial charge in [-0.25, -0.2) is 0 Å². The van der Waals surface area contributed by atoms with Crippen LogP contribution in [-0.2, 0) is 4.74 Å². The average Bonchev–Trinajstić information content (AvgIpc) is 2.34. The number of nitrogens with zero attached hydrogens (tertiary/aromatic N) is 1. The highest BCUT2D eigenvalue weighted by Crippen LogP contribution is 2.29. The van der Waals surface area contributed by atoms with Gasteiger partial charge in [0.15, 0.2) is 0 Å². The lowest BCUT2D eigenvalue weighted by molar-refractivity contribution is -0.0882. The fourth-order valence-corrected chi connectivity index (χ4v) is 1.28. The van der Waals surface area contributed by atoms with Crippen LogP contribution in [0.15, 0.2) is 48.1 Å². The van der Waals surface area contributed by atoms with Gasteiger partial charge >= 0.3 is 6.18 Å². The van der Waals surface area contributed by atoms with E-state index >= 15 is 0 Å². The van der Waals surface area contributed by atoms with Gasteiger partial charge in [-0.2, -0.15) is 18.4 Å². The number of ether oxygens (including phenoxy) is 1. The average molecular weight is 253 g/mol. The number of rotatable bonds is 3. The van der Waals surface area contributed by atoms with Crippen molar-refractivity contribution >= 4 is 5.76 Å². The Labute approximate surface area is 103 Å². The van der Waals surface area contributed by atoms with Gasteiger partial charge in [-0.05, 0) is 6.08 Å². The summed E-state index contributed by atoms with van der Waals surface area (Å²) >= 11 is 0. The number of hydrogen-bond donors (Lipinski definition) is 0. The summed E-state index contributed by atoms with van der Waals surface area (Å²) < 4.78 is 42.7. The smallest absolute Gasteiger partial charge is 0.417 e. The molecule has 2 nitrogen and oxygen atoms in total. The highest BCUT2D eigenvalue weighted by atomic mass is 19.4. The molecule has 0 aliphatic carbocycles. The third-order valence-corrected chi connectivity index (χ3v) is 2.11. The zero-order chi connectivity index (χ0) is 13.6. The number of methoxy groups -OCH3 is 1. The summed E-state index contributed by atoms with van der Waals surface area (Å²) in [6.07, 6.45) is -3.34. The van der Waals surface area contributed by atoms with Crippen LogP contribution >= 0.6 is 0 Å². The summed E-state index contributed by atoms with van der Waals surface area (Å²) in [6, 6.07) is 9.73. The number of nitriles is 1. The topological polar surface area (TPSA) is 33.0 Å². The van der Waals surface area contributed by atoms with E-state index in [2.05, 4.69) is 0 Å². The molecule has 1 aromatic carbocycles. The Kier molecular flexibility index (Phi) is 4.55. The van der Waals surface area contributed by atoms with Crippen molar-refractivity contribution in [1.82, 2.24) is 0 Å². The SMILES string of the molecule is CO/C(=C\C(=C\C#N)C(F)(F)F)c1ccccc1. The maximum Gasteiger partial charge on any atom is 0.417 e. The van der Waals surface area contributed by atoms with Crippen LogP contribution in [0.4, 0.5) is 13.2 Å². The number of benzene rings is 1. The molecule has 5 heteroatoms. The monoisotopic (exact) mass is 253 g/mol. The van der Waals surface area contributed by atoms with Crippen LogP contribution in [-0.4, -0.2) is 13.3 Å². The van der Waals surface area contributed by atoms with Gasteiger partial charge in [0.1, 0.15) is 5.76 Å². The van der Waals surface area contributed by atoms with Crippen molar-refractivity contribution in [2.45, 2.75) is 6.18 Å². The van der Waals surface area contributed by atoms with Crippen molar-refractivity contribution in [3.63, 3.8) is 0 Å². The molecule has 94 valence electrons. The van der Waals surface area contributed by atoms with Crippen LogP contribution < -0.4 is 0 Å². The molecule has 0 bridgehead atoms. The molecular formula is C13H10F3NO. The Morgan fingerprint density at radius 2 is 1.89 bits per heavy atom. The van der Waals surface area contributed by atoms with E-state index in [9.17, 15) is 13.2 Å². The Morgan fingerprint density at radius 3 is 2.33 bits per heavy atom. The lowest BCUT2D eigenvalue weighted by atomic mass is 10.1. The minimum Gasteiger partial charge on any atom is -0.496 e. The maximum atomic E-state index is 12.6. The van der Waals surface area contributed by atoms with Gasteiger partial charge < -0.3 is 4.74 Å². The molecule has 0 aliphatic heterocycles. The highest BCUT2D eigenvalue weighted by Gasteiger charge is 2.32. The molecule has 1 aromatic rings. The molecule has 0 heterocycles. The molecule has 1 rings (SSSR count). The fourth-order valence-electron chi connectivity index (χ4n) is 1.28. The largest absolute Gasteiger partial charge is 0.496 e. The molecule has 0 amide bonds. The second kappa shape index (κ2) is 5.92. The fraction of sp³-hybridized carbons (Fsp3) is 0.154. The van der Waals surface area contributed by atoms with E-state index in [0.29, 0.717) is 11.6 Å². The van der Waals surface area contributed by atoms with Gasteiger partial charge in [-0.3, -0.25) is 0 Å². The van der Waals surface area contributed by atoms with Gasteiger partial charge in [0.25, 0.3) is 0 Å². The van der Waals surface area contributed by atoms with Crippen LogP contribution in [0.1, 0.15) is 5.56 Å². The molecule has 18 heavy (non-hydrogen) atoms. The van der Waals surface area contributed by atoms with E-state index in [4.69, 9.17) is 10.00 Å². The van der Waals surface area contributed by atoms with Gasteiger partial charge in [-0.15, -0.1) is 0 Å². The normalized spacial score (nSPS) is 13.1. The Morgan fingerprint density at radius 1 is 1.28 bits per heavy atom. The molecule has 0 aliphatic rings. The summed E-state index contributed by atoms with van der Waals surface area (Å²) in [5, 5.41) is 8.36. The number of hydrogen-bond acceptors (Lipinski definition) is 2. The van der Waals surface area contributed by atoms with E-state index in [0.717, 1.165) is 6.08 Å². The Balaban J connectivity index is 3.20. The minimum atomic E-state index is -4.59. The van der Waals surface area contributed by atoms with Crippen LogP contribution in [0.2, 0.25) is 0 Å². The Bertz CT molecular complexity index is 495. The standard InChI is InChI=1S/C13H10F3NO/c1-18-12(10-5-3-2-4-6-10)9-11(7-8-17)13(14,15)16/h2-7,9H,1H3/b11-7-,12-9-. The van der Waals surface area contributed by atoms with Gasteiger partial charge in [-0.1, -0.05) is 30.3 Å². The second-order valence-electron chi connectivity index (χ2n) is 3.31. The summed E-state index contributed by atoms with van der Waals surface area (Å²) in [5.74, 6) is 0.0504.